The molecule has 1 atom stereocenters. The molecule has 0 spiro atoms. The summed E-state index contributed by atoms with van der Waals surface area (Å²) in [5.74, 6) is -1.71. The van der Waals surface area contributed by atoms with Crippen molar-refractivity contribution in [1.82, 2.24) is 10.2 Å². The lowest BCUT2D eigenvalue weighted by Gasteiger charge is -2.33. The first-order chi connectivity index (χ1) is 17.1. The van der Waals surface area contributed by atoms with Crippen LogP contribution in [0.25, 0.3) is 0 Å². The highest BCUT2D eigenvalue weighted by Gasteiger charge is 2.33. The zero-order valence-corrected chi connectivity index (χ0v) is 21.5. The van der Waals surface area contributed by atoms with Crippen LogP contribution in [0, 0.1) is 5.82 Å². The monoisotopic (exact) mass is 531 g/mol. The zero-order chi connectivity index (χ0) is 26.3. The third-order valence-electron chi connectivity index (χ3n) is 5.59. The summed E-state index contributed by atoms with van der Waals surface area (Å²) in [7, 11) is -2.50. The predicted molar refractivity (Wildman–Crippen MR) is 139 cm³/mol. The lowest BCUT2D eigenvalue weighted by molar-refractivity contribution is -0.139. The molecule has 36 heavy (non-hydrogen) atoms. The summed E-state index contributed by atoms with van der Waals surface area (Å²) in [4.78, 5) is 28.1. The molecule has 3 aromatic carbocycles. The minimum atomic E-state index is -3.96. The summed E-state index contributed by atoms with van der Waals surface area (Å²) < 4.78 is 39.9. The van der Waals surface area contributed by atoms with E-state index >= 15 is 0 Å². The molecule has 0 fully saturated rings. The van der Waals surface area contributed by atoms with Crippen LogP contribution in [0.15, 0.2) is 78.9 Å². The minimum Gasteiger partial charge on any atom is -0.357 e. The smallest absolute Gasteiger partial charge is 0.244 e. The third-order valence-corrected chi connectivity index (χ3v) is 7.10. The van der Waals surface area contributed by atoms with Gasteiger partial charge in [0.05, 0.1) is 11.9 Å². The SMILES string of the molecule is CNC(=O)C(Cc1ccccc1)N(Cc1ccccc1Cl)C(=O)CN(c1cccc(F)c1)S(C)(=O)=O. The number of carbonyl (C=O) groups excluding carboxylic acids is 2. The Hall–Kier alpha value is -3.43. The molecule has 3 rings (SSSR count). The Kier molecular flexibility index (Phi) is 9.06. The minimum absolute atomic E-state index is 0.00287. The van der Waals surface area contributed by atoms with E-state index in [4.69, 9.17) is 11.6 Å². The maximum absolute atomic E-state index is 13.9. The van der Waals surface area contributed by atoms with E-state index in [1.54, 1.807) is 24.3 Å². The van der Waals surface area contributed by atoms with Crippen molar-refractivity contribution in [3.8, 4) is 0 Å². The number of likely N-dealkylation sites (N-methyl/N-ethyl adjacent to an activating group) is 1. The molecular weight excluding hydrogens is 505 g/mol. The molecule has 0 saturated heterocycles. The Morgan fingerprint density at radius 3 is 2.28 bits per heavy atom. The average Bonchev–Trinajstić information content (AvgIpc) is 2.85. The standard InChI is InChI=1S/C26H27ClFN3O4S/c1-29-26(33)24(15-19-9-4-3-5-10-19)30(17-20-11-6-7-14-23(20)27)25(32)18-31(36(2,34)35)22-13-8-12-21(28)16-22/h3-14,16,24H,15,17-18H2,1-2H3,(H,29,33). The van der Waals surface area contributed by atoms with Gasteiger partial charge in [0.2, 0.25) is 21.8 Å². The van der Waals surface area contributed by atoms with E-state index in [0.717, 1.165) is 22.2 Å². The number of amides is 2. The molecular formula is C26H27ClFN3O4S. The summed E-state index contributed by atoms with van der Waals surface area (Å²) in [5, 5.41) is 3.00. The lowest BCUT2D eigenvalue weighted by atomic mass is 10.0. The molecule has 0 aliphatic carbocycles. The molecule has 7 nitrogen and oxygen atoms in total. The number of hydrogen-bond donors (Lipinski definition) is 1. The molecule has 2 amide bonds. The highest BCUT2D eigenvalue weighted by Crippen LogP contribution is 2.23. The maximum Gasteiger partial charge on any atom is 0.244 e. The summed E-state index contributed by atoms with van der Waals surface area (Å²) in [6, 6.07) is 20.1. The van der Waals surface area contributed by atoms with Gasteiger partial charge in [0.25, 0.3) is 0 Å². The summed E-state index contributed by atoms with van der Waals surface area (Å²) >= 11 is 6.36. The van der Waals surface area contributed by atoms with Crippen molar-refractivity contribution in [2.24, 2.45) is 0 Å². The lowest BCUT2D eigenvalue weighted by Crippen LogP contribution is -2.52. The van der Waals surface area contributed by atoms with Crippen molar-refractivity contribution < 1.29 is 22.4 Å². The Morgan fingerprint density at radius 2 is 1.67 bits per heavy atom. The second-order valence-corrected chi connectivity index (χ2v) is 10.5. The molecule has 0 saturated carbocycles. The second kappa shape index (κ2) is 12.0. The molecule has 1 unspecified atom stereocenters. The first-order valence-corrected chi connectivity index (χ1v) is 13.3. The van der Waals surface area contributed by atoms with Gasteiger partial charge in [-0.25, -0.2) is 12.8 Å². The highest BCUT2D eigenvalue weighted by molar-refractivity contribution is 7.92. The number of hydrogen-bond acceptors (Lipinski definition) is 4. The summed E-state index contributed by atoms with van der Waals surface area (Å²) in [6.07, 6.45) is 1.12. The fourth-order valence-corrected chi connectivity index (χ4v) is 4.81. The molecule has 0 bridgehead atoms. The van der Waals surface area contributed by atoms with E-state index in [1.807, 2.05) is 30.3 Å². The Balaban J connectivity index is 2.04. The third kappa shape index (κ3) is 7.05. The van der Waals surface area contributed by atoms with Crippen LogP contribution in [0.2, 0.25) is 5.02 Å². The van der Waals surface area contributed by atoms with Gasteiger partial charge in [-0.05, 0) is 35.4 Å². The average molecular weight is 532 g/mol. The van der Waals surface area contributed by atoms with Crippen molar-refractivity contribution in [3.63, 3.8) is 0 Å². The molecule has 10 heteroatoms. The van der Waals surface area contributed by atoms with Crippen LogP contribution in [0.4, 0.5) is 10.1 Å². The Morgan fingerprint density at radius 1 is 1.00 bits per heavy atom. The molecule has 190 valence electrons. The largest absolute Gasteiger partial charge is 0.357 e. The van der Waals surface area contributed by atoms with Crippen LogP contribution in [0.3, 0.4) is 0 Å². The molecule has 1 N–H and O–H groups in total. The molecule has 3 aromatic rings. The molecule has 0 radical (unpaired) electrons. The first-order valence-electron chi connectivity index (χ1n) is 11.1. The number of nitrogens with one attached hydrogen (secondary N) is 1. The molecule has 0 aliphatic rings. The van der Waals surface area contributed by atoms with Gasteiger partial charge < -0.3 is 10.2 Å². The van der Waals surface area contributed by atoms with Gasteiger partial charge >= 0.3 is 0 Å². The van der Waals surface area contributed by atoms with E-state index in [-0.39, 0.29) is 18.7 Å². The first kappa shape index (κ1) is 27.2. The van der Waals surface area contributed by atoms with Gasteiger partial charge in [0.1, 0.15) is 18.4 Å². The van der Waals surface area contributed by atoms with Crippen LogP contribution < -0.4 is 9.62 Å². The normalized spacial score (nSPS) is 12.0. The number of carbonyl (C=O) groups is 2. The van der Waals surface area contributed by atoms with E-state index in [2.05, 4.69) is 5.32 Å². The van der Waals surface area contributed by atoms with Gasteiger partial charge in [-0.3, -0.25) is 13.9 Å². The summed E-state index contributed by atoms with van der Waals surface area (Å²) in [5.41, 5.74) is 1.40. The van der Waals surface area contributed by atoms with Gasteiger partial charge in [-0.2, -0.15) is 0 Å². The number of nitrogens with zero attached hydrogens (tertiary/aromatic N) is 2. The van der Waals surface area contributed by atoms with Crippen molar-refractivity contribution in [2.45, 2.75) is 19.0 Å². The number of rotatable bonds is 10. The van der Waals surface area contributed by atoms with E-state index in [9.17, 15) is 22.4 Å². The van der Waals surface area contributed by atoms with Crippen LogP contribution in [-0.4, -0.2) is 51.0 Å². The topological polar surface area (TPSA) is 86.8 Å². The second-order valence-electron chi connectivity index (χ2n) is 8.18. The maximum atomic E-state index is 13.9. The quantitative estimate of drug-likeness (QED) is 0.433. The van der Waals surface area contributed by atoms with E-state index in [1.165, 1.54) is 30.1 Å². The predicted octanol–water partition coefficient (Wildman–Crippen LogP) is 3.63. The number of anilines is 1. The van der Waals surface area contributed by atoms with Crippen LogP contribution >= 0.6 is 11.6 Å². The van der Waals surface area contributed by atoms with Crippen LogP contribution in [0.1, 0.15) is 11.1 Å². The van der Waals surface area contributed by atoms with Crippen molar-refractivity contribution >= 4 is 39.1 Å². The Bertz CT molecular complexity index is 1320. The van der Waals surface area contributed by atoms with Gasteiger partial charge in [-0.15, -0.1) is 0 Å². The van der Waals surface area contributed by atoms with Gasteiger partial charge in [0, 0.05) is 25.0 Å². The van der Waals surface area contributed by atoms with Crippen LogP contribution in [-0.2, 0) is 32.6 Å². The molecule has 0 aliphatic heterocycles. The Labute approximate surface area is 215 Å². The molecule has 0 aromatic heterocycles. The zero-order valence-electron chi connectivity index (χ0n) is 19.9. The van der Waals surface area contributed by atoms with Crippen molar-refractivity contribution in [2.75, 3.05) is 24.2 Å². The van der Waals surface area contributed by atoms with E-state index in [0.29, 0.717) is 10.6 Å². The molecule has 0 heterocycles. The number of benzene rings is 3. The highest BCUT2D eigenvalue weighted by atomic mass is 35.5. The van der Waals surface area contributed by atoms with Crippen molar-refractivity contribution in [1.29, 1.82) is 0 Å². The van der Waals surface area contributed by atoms with Gasteiger partial charge in [0.15, 0.2) is 0 Å². The number of sulfonamides is 1. The fraction of sp³-hybridized carbons (Fsp3) is 0.231. The summed E-state index contributed by atoms with van der Waals surface area (Å²) in [6.45, 7) is -0.667. The fourth-order valence-electron chi connectivity index (χ4n) is 3.78. The van der Waals surface area contributed by atoms with Crippen LogP contribution in [0.5, 0.6) is 0 Å². The van der Waals surface area contributed by atoms with Crippen molar-refractivity contribution in [3.05, 3.63) is 101 Å². The number of halogens is 2. The van der Waals surface area contributed by atoms with E-state index < -0.39 is 40.2 Å². The van der Waals surface area contributed by atoms with Gasteiger partial charge in [-0.1, -0.05) is 66.2 Å².